The third kappa shape index (κ3) is 2.50. The molecule has 92 valence electrons. The molecule has 1 atom stereocenters. The highest BCUT2D eigenvalue weighted by Crippen LogP contribution is 2.24. The van der Waals surface area contributed by atoms with Gasteiger partial charge < -0.3 is 5.32 Å². The van der Waals surface area contributed by atoms with Crippen molar-refractivity contribution in [2.45, 2.75) is 32.9 Å². The molecule has 0 fully saturated rings. The summed E-state index contributed by atoms with van der Waals surface area (Å²) in [5.74, 6) is 0.732. The Bertz CT molecular complexity index is 436. The number of fused-ring (bicyclic) bond motifs is 1. The highest BCUT2D eigenvalue weighted by molar-refractivity contribution is 9.10. The van der Waals surface area contributed by atoms with E-state index in [1.165, 1.54) is 0 Å². The van der Waals surface area contributed by atoms with Crippen LogP contribution in [0, 0.1) is 0 Å². The Balaban J connectivity index is 2.38. The number of anilines is 1. The predicted molar refractivity (Wildman–Crippen MR) is 70.7 cm³/mol. The molecule has 0 saturated carbocycles. The fraction of sp³-hybridized carbons (Fsp3) is 0.500. The molecule has 0 aliphatic carbocycles. The molecular weight excluding hydrogens is 282 g/mol. The minimum Gasteiger partial charge on any atom is -0.309 e. The van der Waals surface area contributed by atoms with E-state index < -0.39 is 0 Å². The Kier molecular flexibility index (Phi) is 3.79. The number of likely N-dealkylation sites (N-methyl/N-ethyl adjacent to an activating group) is 1. The van der Waals surface area contributed by atoms with Crippen molar-refractivity contribution in [2.24, 2.45) is 0 Å². The third-order valence-corrected chi connectivity index (χ3v) is 3.52. The van der Waals surface area contributed by atoms with Crippen LogP contribution >= 0.6 is 15.9 Å². The van der Waals surface area contributed by atoms with Crippen LogP contribution < -0.4 is 5.32 Å². The molecule has 1 aliphatic rings. The average molecular weight is 298 g/mol. The van der Waals surface area contributed by atoms with Gasteiger partial charge in [-0.05, 0) is 35.0 Å². The van der Waals surface area contributed by atoms with Crippen LogP contribution in [0.3, 0.4) is 0 Å². The first kappa shape index (κ1) is 12.5. The number of hydrogen-bond acceptors (Lipinski definition) is 3. The van der Waals surface area contributed by atoms with Gasteiger partial charge in [-0.15, -0.1) is 0 Å². The first-order valence-electron chi connectivity index (χ1n) is 5.85. The summed E-state index contributed by atoms with van der Waals surface area (Å²) in [4.78, 5) is 18.5. The van der Waals surface area contributed by atoms with E-state index in [0.717, 1.165) is 29.5 Å². The Morgan fingerprint density at radius 2 is 2.35 bits per heavy atom. The van der Waals surface area contributed by atoms with Gasteiger partial charge in [0.25, 0.3) is 0 Å². The number of hydrogen-bond donors (Lipinski definition) is 1. The van der Waals surface area contributed by atoms with E-state index in [1.54, 1.807) is 6.20 Å². The number of carbonyl (C=O) groups is 1. The molecule has 0 spiro atoms. The predicted octanol–water partition coefficient (Wildman–Crippen LogP) is 2.40. The number of nitrogens with zero attached hydrogens (tertiary/aromatic N) is 2. The first-order valence-corrected chi connectivity index (χ1v) is 6.64. The van der Waals surface area contributed by atoms with Crippen molar-refractivity contribution in [3.63, 3.8) is 0 Å². The minimum atomic E-state index is -0.0621. The van der Waals surface area contributed by atoms with Crippen LogP contribution in [0.5, 0.6) is 0 Å². The van der Waals surface area contributed by atoms with E-state index in [0.29, 0.717) is 5.82 Å². The SMILES string of the molecule is CC[C@H]1C(=O)Nc2ncc(Br)cc2CN1CC. The zero-order valence-electron chi connectivity index (χ0n) is 10.0. The van der Waals surface area contributed by atoms with Gasteiger partial charge in [0, 0.05) is 22.8 Å². The minimum absolute atomic E-state index is 0.0444. The number of nitrogens with one attached hydrogen (secondary N) is 1. The van der Waals surface area contributed by atoms with Gasteiger partial charge in [-0.3, -0.25) is 9.69 Å². The van der Waals surface area contributed by atoms with Crippen LogP contribution in [0.2, 0.25) is 0 Å². The molecule has 1 aromatic rings. The van der Waals surface area contributed by atoms with E-state index in [1.807, 2.05) is 13.0 Å². The van der Waals surface area contributed by atoms with E-state index in [4.69, 9.17) is 0 Å². The van der Waals surface area contributed by atoms with E-state index in [-0.39, 0.29) is 11.9 Å². The number of amides is 1. The molecule has 1 aliphatic heterocycles. The monoisotopic (exact) mass is 297 g/mol. The number of carbonyl (C=O) groups excluding carboxylic acids is 1. The van der Waals surface area contributed by atoms with Crippen molar-refractivity contribution in [3.05, 3.63) is 22.3 Å². The largest absolute Gasteiger partial charge is 0.309 e. The molecular formula is C12H16BrN3O. The van der Waals surface area contributed by atoms with Crippen LogP contribution in [0.15, 0.2) is 16.7 Å². The lowest BCUT2D eigenvalue weighted by molar-refractivity contribution is -0.121. The second-order valence-corrected chi connectivity index (χ2v) is 5.05. The lowest BCUT2D eigenvalue weighted by atomic mass is 10.1. The van der Waals surface area contributed by atoms with Gasteiger partial charge in [0.05, 0.1) is 6.04 Å². The van der Waals surface area contributed by atoms with Gasteiger partial charge >= 0.3 is 0 Å². The number of pyridine rings is 1. The van der Waals surface area contributed by atoms with Crippen molar-refractivity contribution >= 4 is 27.7 Å². The second-order valence-electron chi connectivity index (χ2n) is 4.14. The Labute approximate surface area is 110 Å². The molecule has 4 nitrogen and oxygen atoms in total. The maximum Gasteiger partial charge on any atom is 0.242 e. The maximum atomic E-state index is 12.1. The lowest BCUT2D eigenvalue weighted by Gasteiger charge is -2.25. The average Bonchev–Trinajstić information content (AvgIpc) is 2.44. The first-order chi connectivity index (χ1) is 8.15. The molecule has 0 aromatic carbocycles. The Morgan fingerprint density at radius 1 is 1.59 bits per heavy atom. The lowest BCUT2D eigenvalue weighted by Crippen LogP contribution is -2.41. The molecule has 0 unspecified atom stereocenters. The second kappa shape index (κ2) is 5.14. The summed E-state index contributed by atoms with van der Waals surface area (Å²) in [5.41, 5.74) is 1.06. The van der Waals surface area contributed by atoms with Crippen LogP contribution in [0.4, 0.5) is 5.82 Å². The smallest absolute Gasteiger partial charge is 0.242 e. The zero-order chi connectivity index (χ0) is 12.4. The molecule has 0 saturated heterocycles. The normalized spacial score (nSPS) is 20.6. The van der Waals surface area contributed by atoms with Gasteiger partial charge in [-0.25, -0.2) is 4.98 Å². The van der Waals surface area contributed by atoms with Gasteiger partial charge in [0.2, 0.25) is 5.91 Å². The fourth-order valence-electron chi connectivity index (χ4n) is 2.18. The van der Waals surface area contributed by atoms with Crippen molar-refractivity contribution in [1.82, 2.24) is 9.88 Å². The summed E-state index contributed by atoms with van der Waals surface area (Å²) in [5, 5.41) is 2.90. The summed E-state index contributed by atoms with van der Waals surface area (Å²) >= 11 is 3.41. The standard InChI is InChI=1S/C12H16BrN3O/c1-3-10-12(17)15-11-8(7-16(10)4-2)5-9(13)6-14-11/h5-6,10H,3-4,7H2,1-2H3,(H,14,15,17)/t10-/m0/s1. The quantitative estimate of drug-likeness (QED) is 0.912. The third-order valence-electron chi connectivity index (χ3n) is 3.08. The van der Waals surface area contributed by atoms with Crippen molar-refractivity contribution in [3.8, 4) is 0 Å². The number of rotatable bonds is 2. The molecule has 2 heterocycles. The number of aromatic nitrogens is 1. The van der Waals surface area contributed by atoms with Crippen LogP contribution in [0.1, 0.15) is 25.8 Å². The van der Waals surface area contributed by atoms with Crippen molar-refractivity contribution in [2.75, 3.05) is 11.9 Å². The van der Waals surface area contributed by atoms with E-state index in [2.05, 4.69) is 38.1 Å². The van der Waals surface area contributed by atoms with Crippen LogP contribution in [-0.2, 0) is 11.3 Å². The Morgan fingerprint density at radius 3 is 3.00 bits per heavy atom. The van der Waals surface area contributed by atoms with Crippen LogP contribution in [0.25, 0.3) is 0 Å². The molecule has 0 bridgehead atoms. The van der Waals surface area contributed by atoms with Crippen molar-refractivity contribution in [1.29, 1.82) is 0 Å². The maximum absolute atomic E-state index is 12.1. The Hall–Kier alpha value is -0.940. The molecule has 17 heavy (non-hydrogen) atoms. The summed E-state index contributed by atoms with van der Waals surface area (Å²) in [6, 6.07) is 1.96. The van der Waals surface area contributed by atoms with Gasteiger partial charge in [-0.2, -0.15) is 0 Å². The molecule has 2 rings (SSSR count). The van der Waals surface area contributed by atoms with Gasteiger partial charge in [0.1, 0.15) is 5.82 Å². The molecule has 1 amide bonds. The van der Waals surface area contributed by atoms with E-state index in [9.17, 15) is 4.79 Å². The highest BCUT2D eigenvalue weighted by Gasteiger charge is 2.28. The summed E-state index contributed by atoms with van der Waals surface area (Å²) in [6.07, 6.45) is 2.52. The highest BCUT2D eigenvalue weighted by atomic mass is 79.9. The molecule has 5 heteroatoms. The number of halogens is 1. The molecule has 0 radical (unpaired) electrons. The van der Waals surface area contributed by atoms with Gasteiger partial charge in [-0.1, -0.05) is 13.8 Å². The summed E-state index contributed by atoms with van der Waals surface area (Å²) < 4.78 is 0.941. The molecule has 1 aromatic heterocycles. The van der Waals surface area contributed by atoms with Crippen LogP contribution in [-0.4, -0.2) is 28.4 Å². The summed E-state index contributed by atoms with van der Waals surface area (Å²) in [6.45, 7) is 5.73. The topological polar surface area (TPSA) is 45.2 Å². The van der Waals surface area contributed by atoms with Crippen molar-refractivity contribution < 1.29 is 4.79 Å². The van der Waals surface area contributed by atoms with Gasteiger partial charge in [0.15, 0.2) is 0 Å². The zero-order valence-corrected chi connectivity index (χ0v) is 11.6. The molecule has 1 N–H and O–H groups in total. The fourth-order valence-corrected chi connectivity index (χ4v) is 2.56. The summed E-state index contributed by atoms with van der Waals surface area (Å²) in [7, 11) is 0. The van der Waals surface area contributed by atoms with E-state index >= 15 is 0 Å².